The summed E-state index contributed by atoms with van der Waals surface area (Å²) in [6.45, 7) is 13.7. The van der Waals surface area contributed by atoms with E-state index in [4.69, 9.17) is 4.74 Å². The van der Waals surface area contributed by atoms with Gasteiger partial charge in [0.25, 0.3) is 0 Å². The first-order valence-electron chi connectivity index (χ1n) is 7.14. The third kappa shape index (κ3) is 2.67. The molecular weight excluding hydrogens is 212 g/mol. The maximum atomic E-state index is 5.80. The molecule has 2 heterocycles. The fourth-order valence-electron chi connectivity index (χ4n) is 3.10. The molecule has 0 bridgehead atoms. The minimum absolute atomic E-state index is 0.249. The zero-order chi connectivity index (χ0) is 12.5. The Morgan fingerprint density at radius 1 is 1.41 bits per heavy atom. The van der Waals surface area contributed by atoms with Crippen molar-refractivity contribution in [1.29, 1.82) is 0 Å². The second-order valence-electron chi connectivity index (χ2n) is 6.22. The zero-order valence-electron chi connectivity index (χ0n) is 11.8. The van der Waals surface area contributed by atoms with Gasteiger partial charge in [0, 0.05) is 31.3 Å². The highest BCUT2D eigenvalue weighted by molar-refractivity contribution is 4.98. The van der Waals surface area contributed by atoms with Crippen molar-refractivity contribution in [3.05, 3.63) is 0 Å². The van der Waals surface area contributed by atoms with Gasteiger partial charge in [-0.2, -0.15) is 0 Å². The monoisotopic (exact) mass is 240 g/mol. The standard InChI is InChI=1S/C14H28N2O/c1-11(2)13-10-16(8-5-7-15-13)14(4)6-9-17-12(14)3/h11-13,15H,5-10H2,1-4H3. The minimum Gasteiger partial charge on any atom is -0.377 e. The molecule has 0 radical (unpaired) electrons. The number of rotatable bonds is 2. The molecule has 1 N–H and O–H groups in total. The van der Waals surface area contributed by atoms with Crippen LogP contribution in [0.2, 0.25) is 0 Å². The Labute approximate surface area is 106 Å². The van der Waals surface area contributed by atoms with Gasteiger partial charge in [-0.15, -0.1) is 0 Å². The molecule has 0 aromatic rings. The molecule has 2 aliphatic heterocycles. The molecule has 100 valence electrons. The van der Waals surface area contributed by atoms with Crippen molar-refractivity contribution in [3.63, 3.8) is 0 Å². The number of nitrogens with zero attached hydrogens (tertiary/aromatic N) is 1. The van der Waals surface area contributed by atoms with Crippen LogP contribution in [-0.4, -0.2) is 48.8 Å². The highest BCUT2D eigenvalue weighted by Crippen LogP contribution is 2.32. The second kappa shape index (κ2) is 5.25. The van der Waals surface area contributed by atoms with Crippen molar-refractivity contribution < 1.29 is 4.74 Å². The van der Waals surface area contributed by atoms with Crippen LogP contribution < -0.4 is 5.32 Å². The third-order valence-electron chi connectivity index (χ3n) is 4.81. The molecule has 3 heteroatoms. The lowest BCUT2D eigenvalue weighted by Gasteiger charge is -2.41. The Morgan fingerprint density at radius 3 is 2.76 bits per heavy atom. The van der Waals surface area contributed by atoms with Crippen LogP contribution in [0.25, 0.3) is 0 Å². The van der Waals surface area contributed by atoms with E-state index >= 15 is 0 Å². The average Bonchev–Trinajstić information content (AvgIpc) is 2.55. The summed E-state index contributed by atoms with van der Waals surface area (Å²) in [5.41, 5.74) is 0.249. The summed E-state index contributed by atoms with van der Waals surface area (Å²) in [5.74, 6) is 0.705. The number of ether oxygens (including phenoxy) is 1. The van der Waals surface area contributed by atoms with Crippen molar-refractivity contribution in [2.24, 2.45) is 5.92 Å². The summed E-state index contributed by atoms with van der Waals surface area (Å²) < 4.78 is 5.80. The van der Waals surface area contributed by atoms with Gasteiger partial charge in [0.05, 0.1) is 6.10 Å². The second-order valence-corrected chi connectivity index (χ2v) is 6.22. The highest BCUT2D eigenvalue weighted by atomic mass is 16.5. The fourth-order valence-corrected chi connectivity index (χ4v) is 3.10. The minimum atomic E-state index is 0.249. The van der Waals surface area contributed by atoms with Gasteiger partial charge >= 0.3 is 0 Å². The van der Waals surface area contributed by atoms with Gasteiger partial charge < -0.3 is 10.1 Å². The van der Waals surface area contributed by atoms with Crippen molar-refractivity contribution in [1.82, 2.24) is 10.2 Å². The molecule has 2 aliphatic rings. The van der Waals surface area contributed by atoms with E-state index in [2.05, 4.69) is 37.9 Å². The molecule has 0 aromatic carbocycles. The summed E-state index contributed by atoms with van der Waals surface area (Å²) in [6, 6.07) is 0.627. The van der Waals surface area contributed by atoms with Crippen molar-refractivity contribution in [3.8, 4) is 0 Å². The summed E-state index contributed by atoms with van der Waals surface area (Å²) in [4.78, 5) is 2.68. The van der Waals surface area contributed by atoms with Crippen LogP contribution in [-0.2, 0) is 4.74 Å². The number of hydrogen-bond acceptors (Lipinski definition) is 3. The van der Waals surface area contributed by atoms with Crippen LogP contribution >= 0.6 is 0 Å². The molecule has 2 fully saturated rings. The van der Waals surface area contributed by atoms with Gasteiger partial charge in [0.15, 0.2) is 0 Å². The van der Waals surface area contributed by atoms with E-state index in [1.54, 1.807) is 0 Å². The summed E-state index contributed by atoms with van der Waals surface area (Å²) >= 11 is 0. The molecule has 17 heavy (non-hydrogen) atoms. The van der Waals surface area contributed by atoms with E-state index in [-0.39, 0.29) is 5.54 Å². The fraction of sp³-hybridized carbons (Fsp3) is 1.00. The van der Waals surface area contributed by atoms with E-state index in [9.17, 15) is 0 Å². The van der Waals surface area contributed by atoms with Gasteiger partial charge in [-0.25, -0.2) is 0 Å². The Kier molecular flexibility index (Phi) is 4.11. The highest BCUT2D eigenvalue weighted by Gasteiger charge is 2.43. The molecule has 3 unspecified atom stereocenters. The maximum Gasteiger partial charge on any atom is 0.0728 e. The third-order valence-corrected chi connectivity index (χ3v) is 4.81. The smallest absolute Gasteiger partial charge is 0.0728 e. The Balaban J connectivity index is 2.08. The normalized spacial score (nSPS) is 40.8. The van der Waals surface area contributed by atoms with E-state index < -0.39 is 0 Å². The van der Waals surface area contributed by atoms with Crippen molar-refractivity contribution >= 4 is 0 Å². The molecular formula is C14H28N2O. The van der Waals surface area contributed by atoms with Gasteiger partial charge in [-0.3, -0.25) is 4.90 Å². The van der Waals surface area contributed by atoms with Crippen LogP contribution in [0.5, 0.6) is 0 Å². The molecule has 3 nitrogen and oxygen atoms in total. The lowest BCUT2D eigenvalue weighted by Crippen LogP contribution is -2.54. The van der Waals surface area contributed by atoms with Crippen molar-refractivity contribution in [2.75, 3.05) is 26.2 Å². The molecule has 0 saturated carbocycles. The molecule has 3 atom stereocenters. The quantitative estimate of drug-likeness (QED) is 0.797. The lowest BCUT2D eigenvalue weighted by molar-refractivity contribution is 0.0173. The van der Waals surface area contributed by atoms with Gasteiger partial charge in [0.1, 0.15) is 0 Å². The SMILES string of the molecule is CC(C)C1CN(C2(C)CCOC2C)CCCN1. The van der Waals surface area contributed by atoms with E-state index in [1.165, 1.54) is 25.9 Å². The molecule has 2 rings (SSSR count). The van der Waals surface area contributed by atoms with Crippen LogP contribution in [0.15, 0.2) is 0 Å². The molecule has 2 saturated heterocycles. The molecule has 0 amide bonds. The molecule has 0 aromatic heterocycles. The first-order valence-corrected chi connectivity index (χ1v) is 7.14. The first-order chi connectivity index (χ1) is 8.04. The Hall–Kier alpha value is -0.120. The van der Waals surface area contributed by atoms with Crippen molar-refractivity contribution in [2.45, 2.75) is 58.2 Å². The van der Waals surface area contributed by atoms with E-state index in [1.807, 2.05) is 0 Å². The number of nitrogens with one attached hydrogen (secondary N) is 1. The van der Waals surface area contributed by atoms with Crippen LogP contribution in [0.1, 0.15) is 40.5 Å². The van der Waals surface area contributed by atoms with Crippen LogP contribution in [0.3, 0.4) is 0 Å². The summed E-state index contributed by atoms with van der Waals surface area (Å²) in [7, 11) is 0. The van der Waals surface area contributed by atoms with Crippen LogP contribution in [0, 0.1) is 5.92 Å². The summed E-state index contributed by atoms with van der Waals surface area (Å²) in [5, 5.41) is 3.68. The maximum absolute atomic E-state index is 5.80. The van der Waals surface area contributed by atoms with Gasteiger partial charge in [-0.1, -0.05) is 13.8 Å². The van der Waals surface area contributed by atoms with Gasteiger partial charge in [-0.05, 0) is 39.2 Å². The summed E-state index contributed by atoms with van der Waals surface area (Å²) in [6.07, 6.45) is 2.80. The average molecular weight is 240 g/mol. The Bertz CT molecular complexity index is 257. The zero-order valence-corrected chi connectivity index (χ0v) is 11.8. The van der Waals surface area contributed by atoms with Gasteiger partial charge in [0.2, 0.25) is 0 Å². The lowest BCUT2D eigenvalue weighted by atomic mass is 9.90. The molecule has 0 spiro atoms. The molecule has 0 aliphatic carbocycles. The van der Waals surface area contributed by atoms with Crippen LogP contribution in [0.4, 0.5) is 0 Å². The topological polar surface area (TPSA) is 24.5 Å². The predicted octanol–water partition coefficient (Wildman–Crippen LogP) is 1.87. The van der Waals surface area contributed by atoms with E-state index in [0.717, 1.165) is 13.2 Å². The largest absolute Gasteiger partial charge is 0.377 e. The Morgan fingerprint density at radius 2 is 2.18 bits per heavy atom. The number of hydrogen-bond donors (Lipinski definition) is 1. The van der Waals surface area contributed by atoms with E-state index in [0.29, 0.717) is 18.1 Å². The first kappa shape index (κ1) is 13.3. The predicted molar refractivity (Wildman–Crippen MR) is 71.3 cm³/mol.